The number of nitrogens with one attached hydrogen (secondary N) is 1. The van der Waals surface area contributed by atoms with E-state index in [1.165, 1.54) is 0 Å². The number of rotatable bonds is 3. The average molecular weight is 441 g/mol. The fourth-order valence-electron chi connectivity index (χ4n) is 4.12. The van der Waals surface area contributed by atoms with Gasteiger partial charge in [0, 0.05) is 39.6 Å². The molecule has 0 radical (unpaired) electrons. The molecule has 4 rings (SSSR count). The number of amides is 1. The predicted octanol–water partition coefficient (Wildman–Crippen LogP) is 4.73. The summed E-state index contributed by atoms with van der Waals surface area (Å²) >= 11 is 3.63. The van der Waals surface area contributed by atoms with Gasteiger partial charge in [0.2, 0.25) is 0 Å². The van der Waals surface area contributed by atoms with Crippen molar-refractivity contribution in [3.8, 4) is 0 Å². The van der Waals surface area contributed by atoms with Crippen LogP contribution in [0.5, 0.6) is 0 Å². The van der Waals surface area contributed by atoms with Crippen LogP contribution in [-0.2, 0) is 13.0 Å². The highest BCUT2D eigenvalue weighted by atomic mass is 79.9. The Balaban J connectivity index is 1.84. The van der Waals surface area contributed by atoms with Gasteiger partial charge in [-0.1, -0.05) is 48.0 Å². The Bertz CT molecular complexity index is 1100. The van der Waals surface area contributed by atoms with Gasteiger partial charge < -0.3 is 4.57 Å². The monoisotopic (exact) mass is 440 g/mol. The largest absolute Gasteiger partial charge is 0.339 e. The number of hydroxylamine groups is 1. The predicted molar refractivity (Wildman–Crippen MR) is 111 cm³/mol. The third-order valence-electron chi connectivity index (χ3n) is 5.37. The first-order valence-corrected chi connectivity index (χ1v) is 9.96. The summed E-state index contributed by atoms with van der Waals surface area (Å²) in [7, 11) is 0. The number of carbonyl (C=O) groups excluding carboxylic acids is 2. The van der Waals surface area contributed by atoms with Gasteiger partial charge in [0.15, 0.2) is 5.78 Å². The Morgan fingerprint density at radius 3 is 2.57 bits per heavy atom. The van der Waals surface area contributed by atoms with E-state index in [9.17, 15) is 9.59 Å². The Morgan fingerprint density at radius 2 is 1.89 bits per heavy atom. The molecule has 0 unspecified atom stereocenters. The molecule has 3 aromatic rings. The van der Waals surface area contributed by atoms with Crippen LogP contribution in [0.1, 0.15) is 52.2 Å². The fraction of sp³-hybridized carbons (Fsp3) is 0.273. The maximum absolute atomic E-state index is 13.0. The molecule has 144 valence electrons. The van der Waals surface area contributed by atoms with E-state index in [2.05, 4.69) is 34.3 Å². The van der Waals surface area contributed by atoms with Crippen LogP contribution in [0, 0.1) is 5.41 Å². The van der Waals surface area contributed by atoms with Crippen LogP contribution in [0.25, 0.3) is 10.9 Å². The van der Waals surface area contributed by atoms with Gasteiger partial charge in [-0.15, -0.1) is 0 Å². The minimum absolute atomic E-state index is 0.0776. The quantitative estimate of drug-likeness (QED) is 0.456. The van der Waals surface area contributed by atoms with E-state index in [4.69, 9.17) is 5.21 Å². The van der Waals surface area contributed by atoms with Crippen LogP contribution < -0.4 is 5.48 Å². The molecule has 1 amide bonds. The van der Waals surface area contributed by atoms with Crippen molar-refractivity contribution >= 4 is 38.5 Å². The van der Waals surface area contributed by atoms with Crippen LogP contribution in [0.2, 0.25) is 0 Å². The second kappa shape index (κ2) is 6.87. The van der Waals surface area contributed by atoms with E-state index in [1.807, 2.05) is 30.3 Å². The van der Waals surface area contributed by atoms with Gasteiger partial charge in [-0.2, -0.15) is 0 Å². The molecule has 1 aliphatic rings. The number of ketones is 1. The molecule has 2 N–H and O–H groups in total. The zero-order chi connectivity index (χ0) is 20.1. The number of carbonyl (C=O) groups is 2. The maximum atomic E-state index is 13.0. The Kier molecular flexibility index (Phi) is 4.63. The minimum atomic E-state index is -0.536. The number of Topliss-reactive ketones (excluding diaryl/α,β-unsaturated/α-hetero) is 1. The van der Waals surface area contributed by atoms with Gasteiger partial charge in [0.1, 0.15) is 0 Å². The number of benzene rings is 2. The van der Waals surface area contributed by atoms with E-state index in [-0.39, 0.29) is 11.2 Å². The van der Waals surface area contributed by atoms with Crippen molar-refractivity contribution < 1.29 is 14.8 Å². The molecule has 1 aromatic heterocycles. The summed E-state index contributed by atoms with van der Waals surface area (Å²) in [6.07, 6.45) is 1.38. The normalized spacial score (nSPS) is 15.5. The van der Waals surface area contributed by atoms with E-state index < -0.39 is 5.91 Å². The third kappa shape index (κ3) is 3.16. The molecule has 0 atom stereocenters. The summed E-state index contributed by atoms with van der Waals surface area (Å²) in [6.45, 7) is 4.87. The Labute approximate surface area is 171 Å². The molecule has 0 aliphatic heterocycles. The third-order valence-corrected chi connectivity index (χ3v) is 6.03. The van der Waals surface area contributed by atoms with Crippen LogP contribution in [0.15, 0.2) is 46.9 Å². The number of aromatic nitrogens is 1. The lowest BCUT2D eigenvalue weighted by molar-refractivity contribution is 0.0706. The van der Waals surface area contributed by atoms with Crippen molar-refractivity contribution in [3.63, 3.8) is 0 Å². The SMILES string of the molecule is CC1(C)CC(=O)c2c(n(Cc3ccc(C(=O)NO)cc3)c3cccc(Br)c23)C1. The zero-order valence-corrected chi connectivity index (χ0v) is 17.3. The van der Waals surface area contributed by atoms with Crippen LogP contribution in [0.4, 0.5) is 0 Å². The highest BCUT2D eigenvalue weighted by Gasteiger charge is 2.36. The highest BCUT2D eigenvalue weighted by molar-refractivity contribution is 9.10. The van der Waals surface area contributed by atoms with Gasteiger partial charge in [0.05, 0.1) is 5.52 Å². The number of hydrogen-bond acceptors (Lipinski definition) is 3. The van der Waals surface area contributed by atoms with Crippen LogP contribution >= 0.6 is 15.9 Å². The first kappa shape index (κ1) is 18.9. The van der Waals surface area contributed by atoms with Gasteiger partial charge in [0.25, 0.3) is 5.91 Å². The second-order valence-corrected chi connectivity index (χ2v) is 8.97. The number of hydrogen-bond donors (Lipinski definition) is 2. The van der Waals surface area contributed by atoms with Crippen molar-refractivity contribution in [1.82, 2.24) is 10.0 Å². The molecule has 0 saturated carbocycles. The second-order valence-electron chi connectivity index (χ2n) is 8.12. The lowest BCUT2D eigenvalue weighted by atomic mass is 9.75. The molecule has 1 aliphatic carbocycles. The molecular formula is C22H21BrN2O3. The first-order valence-electron chi connectivity index (χ1n) is 9.17. The molecule has 0 spiro atoms. The molecule has 28 heavy (non-hydrogen) atoms. The Morgan fingerprint density at radius 1 is 1.18 bits per heavy atom. The molecule has 2 aromatic carbocycles. The molecule has 0 bridgehead atoms. The summed E-state index contributed by atoms with van der Waals surface area (Å²) < 4.78 is 3.15. The fourth-order valence-corrected chi connectivity index (χ4v) is 4.68. The molecule has 6 heteroatoms. The summed E-state index contributed by atoms with van der Waals surface area (Å²) in [5, 5.41) is 9.76. The van der Waals surface area contributed by atoms with Gasteiger partial charge >= 0.3 is 0 Å². The van der Waals surface area contributed by atoms with E-state index in [0.717, 1.165) is 38.6 Å². The smallest absolute Gasteiger partial charge is 0.274 e. The van der Waals surface area contributed by atoms with Crippen LogP contribution in [0.3, 0.4) is 0 Å². The standard InChI is InChI=1S/C22H21BrN2O3/c1-22(2)10-17-20(18(26)11-22)19-15(23)4-3-5-16(19)25(17)12-13-6-8-14(9-7-13)21(27)24-28/h3-9,28H,10-12H2,1-2H3,(H,24,27). The summed E-state index contributed by atoms with van der Waals surface area (Å²) in [6, 6.07) is 13.1. The summed E-state index contributed by atoms with van der Waals surface area (Å²) in [5.74, 6) is -0.344. The molecule has 0 saturated heterocycles. The molecular weight excluding hydrogens is 420 g/mol. The molecule has 5 nitrogen and oxygen atoms in total. The van der Waals surface area contributed by atoms with Crippen molar-refractivity contribution in [2.24, 2.45) is 5.41 Å². The minimum Gasteiger partial charge on any atom is -0.339 e. The van der Waals surface area contributed by atoms with E-state index in [1.54, 1.807) is 17.6 Å². The van der Waals surface area contributed by atoms with E-state index >= 15 is 0 Å². The summed E-state index contributed by atoms with van der Waals surface area (Å²) in [5.41, 5.74) is 5.91. The van der Waals surface area contributed by atoms with Gasteiger partial charge in [-0.3, -0.25) is 14.8 Å². The van der Waals surface area contributed by atoms with Crippen molar-refractivity contribution in [1.29, 1.82) is 0 Å². The number of halogens is 1. The summed E-state index contributed by atoms with van der Waals surface area (Å²) in [4.78, 5) is 24.5. The topological polar surface area (TPSA) is 71.3 Å². The Hall–Kier alpha value is -2.44. The first-order chi connectivity index (χ1) is 13.3. The highest BCUT2D eigenvalue weighted by Crippen LogP contribution is 2.42. The zero-order valence-electron chi connectivity index (χ0n) is 15.8. The lowest BCUT2D eigenvalue weighted by Crippen LogP contribution is -2.28. The number of fused-ring (bicyclic) bond motifs is 3. The van der Waals surface area contributed by atoms with Crippen molar-refractivity contribution in [2.45, 2.75) is 33.2 Å². The molecule has 1 heterocycles. The van der Waals surface area contributed by atoms with Gasteiger partial charge in [-0.25, -0.2) is 5.48 Å². The molecule has 0 fully saturated rings. The van der Waals surface area contributed by atoms with E-state index in [0.29, 0.717) is 18.5 Å². The van der Waals surface area contributed by atoms with Crippen molar-refractivity contribution in [3.05, 3.63) is 69.3 Å². The van der Waals surface area contributed by atoms with Crippen molar-refractivity contribution in [2.75, 3.05) is 0 Å². The number of nitrogens with zero attached hydrogens (tertiary/aromatic N) is 1. The maximum Gasteiger partial charge on any atom is 0.274 e. The average Bonchev–Trinajstić information content (AvgIpc) is 2.96. The van der Waals surface area contributed by atoms with Gasteiger partial charge in [-0.05, 0) is 41.7 Å². The van der Waals surface area contributed by atoms with Crippen LogP contribution in [-0.4, -0.2) is 21.5 Å². The lowest BCUT2D eigenvalue weighted by Gasteiger charge is -2.30.